The van der Waals surface area contributed by atoms with Crippen LogP contribution >= 0.6 is 0 Å². The van der Waals surface area contributed by atoms with Crippen molar-refractivity contribution in [1.82, 2.24) is 0 Å². The number of halogens is 1. The van der Waals surface area contributed by atoms with Gasteiger partial charge in [-0.1, -0.05) is 26.8 Å². The van der Waals surface area contributed by atoms with Gasteiger partial charge in [-0.05, 0) is 30.0 Å². The van der Waals surface area contributed by atoms with E-state index in [2.05, 4.69) is 0 Å². The van der Waals surface area contributed by atoms with Crippen molar-refractivity contribution in [3.8, 4) is 0 Å². The Hall–Kier alpha value is -1.38. The van der Waals surface area contributed by atoms with Gasteiger partial charge in [-0.2, -0.15) is 0 Å². The molecule has 0 saturated carbocycles. The van der Waals surface area contributed by atoms with Gasteiger partial charge in [0.2, 0.25) is 0 Å². The highest BCUT2D eigenvalue weighted by atomic mass is 19.1. The first-order chi connectivity index (χ1) is 7.54. The summed E-state index contributed by atoms with van der Waals surface area (Å²) in [5.41, 5.74) is 0.956. The van der Waals surface area contributed by atoms with E-state index in [-0.39, 0.29) is 11.5 Å². The summed E-state index contributed by atoms with van der Waals surface area (Å²) in [4.78, 5) is 11.6. The van der Waals surface area contributed by atoms with Crippen LogP contribution in [0.3, 0.4) is 0 Å². The maximum Gasteiger partial charge on any atom is 0.341 e. The van der Waals surface area contributed by atoms with E-state index in [0.29, 0.717) is 6.61 Å². The molecule has 0 amide bonds. The molecule has 88 valence electrons. The molecule has 0 unspecified atom stereocenters. The molecular formula is C13H17FO2. The van der Waals surface area contributed by atoms with Crippen LogP contribution in [0.5, 0.6) is 0 Å². The minimum Gasteiger partial charge on any atom is -0.462 e. The molecule has 1 rings (SSSR count). The Bertz CT molecular complexity index is 372. The van der Waals surface area contributed by atoms with Crippen LogP contribution in [0.4, 0.5) is 4.39 Å². The standard InChI is InChI=1S/C13H17FO2/c1-4-10-5-6-12(14)11(7-10)13(15)16-8-9(2)3/h5-7,9H,4,8H2,1-3H3. The first-order valence-electron chi connectivity index (χ1n) is 5.50. The van der Waals surface area contributed by atoms with E-state index in [4.69, 9.17) is 4.74 Å². The van der Waals surface area contributed by atoms with Crippen LogP contribution in [0.25, 0.3) is 0 Å². The Morgan fingerprint density at radius 3 is 2.69 bits per heavy atom. The molecule has 0 spiro atoms. The lowest BCUT2D eigenvalue weighted by atomic mass is 10.1. The minimum absolute atomic E-state index is 0.0278. The highest BCUT2D eigenvalue weighted by Crippen LogP contribution is 2.13. The van der Waals surface area contributed by atoms with Gasteiger partial charge in [0.15, 0.2) is 0 Å². The SMILES string of the molecule is CCc1ccc(F)c(C(=O)OCC(C)C)c1. The predicted molar refractivity (Wildman–Crippen MR) is 60.9 cm³/mol. The van der Waals surface area contributed by atoms with Crippen molar-refractivity contribution < 1.29 is 13.9 Å². The van der Waals surface area contributed by atoms with E-state index < -0.39 is 11.8 Å². The van der Waals surface area contributed by atoms with Crippen molar-refractivity contribution in [2.45, 2.75) is 27.2 Å². The van der Waals surface area contributed by atoms with Gasteiger partial charge < -0.3 is 4.74 Å². The van der Waals surface area contributed by atoms with E-state index in [1.165, 1.54) is 6.07 Å². The number of hydrogen-bond donors (Lipinski definition) is 0. The van der Waals surface area contributed by atoms with E-state index in [9.17, 15) is 9.18 Å². The van der Waals surface area contributed by atoms with E-state index in [1.54, 1.807) is 12.1 Å². The average Bonchev–Trinajstić information content (AvgIpc) is 2.26. The second-order valence-corrected chi connectivity index (χ2v) is 4.16. The van der Waals surface area contributed by atoms with Gasteiger partial charge in [0.25, 0.3) is 0 Å². The van der Waals surface area contributed by atoms with E-state index in [1.807, 2.05) is 20.8 Å². The normalized spacial score (nSPS) is 10.6. The van der Waals surface area contributed by atoms with E-state index >= 15 is 0 Å². The van der Waals surface area contributed by atoms with Gasteiger partial charge in [0.1, 0.15) is 5.82 Å². The summed E-state index contributed by atoms with van der Waals surface area (Å²) in [6.45, 7) is 6.14. The Morgan fingerprint density at radius 2 is 2.12 bits per heavy atom. The average molecular weight is 224 g/mol. The summed E-state index contributed by atoms with van der Waals surface area (Å²) in [7, 11) is 0. The van der Waals surface area contributed by atoms with Crippen molar-refractivity contribution in [2.24, 2.45) is 5.92 Å². The Balaban J connectivity index is 2.81. The van der Waals surface area contributed by atoms with Crippen molar-refractivity contribution in [3.63, 3.8) is 0 Å². The summed E-state index contributed by atoms with van der Waals surface area (Å²) in [6.07, 6.45) is 0.769. The third-order valence-electron chi connectivity index (χ3n) is 2.21. The molecule has 3 heteroatoms. The number of hydrogen-bond acceptors (Lipinski definition) is 2. The summed E-state index contributed by atoms with van der Waals surface area (Å²) in [6, 6.07) is 4.54. The zero-order valence-corrected chi connectivity index (χ0v) is 9.92. The minimum atomic E-state index is -0.582. The van der Waals surface area contributed by atoms with Crippen LogP contribution in [0.2, 0.25) is 0 Å². The van der Waals surface area contributed by atoms with Gasteiger partial charge in [0, 0.05) is 0 Å². The molecule has 0 saturated heterocycles. The maximum atomic E-state index is 13.4. The van der Waals surface area contributed by atoms with Crippen LogP contribution in [-0.4, -0.2) is 12.6 Å². The molecule has 2 nitrogen and oxygen atoms in total. The number of rotatable bonds is 4. The fourth-order valence-electron chi connectivity index (χ4n) is 1.27. The highest BCUT2D eigenvalue weighted by molar-refractivity contribution is 5.89. The van der Waals surface area contributed by atoms with Crippen molar-refractivity contribution in [3.05, 3.63) is 35.1 Å². The van der Waals surface area contributed by atoms with E-state index in [0.717, 1.165) is 12.0 Å². The zero-order valence-electron chi connectivity index (χ0n) is 9.92. The van der Waals surface area contributed by atoms with Crippen LogP contribution in [0.1, 0.15) is 36.7 Å². The fourth-order valence-corrected chi connectivity index (χ4v) is 1.27. The summed E-state index contributed by atoms with van der Waals surface area (Å²) < 4.78 is 18.4. The molecule has 1 aromatic rings. The van der Waals surface area contributed by atoms with Gasteiger partial charge >= 0.3 is 5.97 Å². The molecule has 0 aromatic heterocycles. The van der Waals surface area contributed by atoms with Crippen LogP contribution < -0.4 is 0 Å². The molecule has 0 bridgehead atoms. The second kappa shape index (κ2) is 5.64. The summed E-state index contributed by atoms with van der Waals surface area (Å²) in [5.74, 6) is -0.853. The van der Waals surface area contributed by atoms with Crippen LogP contribution in [-0.2, 0) is 11.2 Å². The Kier molecular flexibility index (Phi) is 4.47. The smallest absolute Gasteiger partial charge is 0.341 e. The fraction of sp³-hybridized carbons (Fsp3) is 0.462. The highest BCUT2D eigenvalue weighted by Gasteiger charge is 2.14. The lowest BCUT2D eigenvalue weighted by Gasteiger charge is -2.08. The lowest BCUT2D eigenvalue weighted by Crippen LogP contribution is -2.12. The molecule has 0 heterocycles. The second-order valence-electron chi connectivity index (χ2n) is 4.16. The first-order valence-corrected chi connectivity index (χ1v) is 5.50. The number of ether oxygens (including phenoxy) is 1. The molecule has 0 N–H and O–H groups in total. The van der Waals surface area contributed by atoms with Gasteiger partial charge in [0.05, 0.1) is 12.2 Å². The number of carbonyl (C=O) groups is 1. The Labute approximate surface area is 95.4 Å². The molecule has 0 aliphatic heterocycles. The molecule has 0 atom stereocenters. The molecule has 1 aromatic carbocycles. The molecular weight excluding hydrogens is 207 g/mol. The monoisotopic (exact) mass is 224 g/mol. The van der Waals surface area contributed by atoms with Crippen molar-refractivity contribution >= 4 is 5.97 Å². The van der Waals surface area contributed by atoms with Crippen LogP contribution in [0, 0.1) is 11.7 Å². The molecule has 0 aliphatic carbocycles. The van der Waals surface area contributed by atoms with Crippen molar-refractivity contribution in [1.29, 1.82) is 0 Å². The number of benzene rings is 1. The molecule has 16 heavy (non-hydrogen) atoms. The number of carbonyl (C=O) groups excluding carboxylic acids is 1. The van der Waals surface area contributed by atoms with Crippen molar-refractivity contribution in [2.75, 3.05) is 6.61 Å². The molecule has 0 radical (unpaired) electrons. The first kappa shape index (κ1) is 12.7. The number of aryl methyl sites for hydroxylation is 1. The van der Waals surface area contributed by atoms with Gasteiger partial charge in [-0.15, -0.1) is 0 Å². The molecule has 0 fully saturated rings. The third-order valence-corrected chi connectivity index (χ3v) is 2.21. The number of esters is 1. The van der Waals surface area contributed by atoms with Crippen LogP contribution in [0.15, 0.2) is 18.2 Å². The maximum absolute atomic E-state index is 13.4. The lowest BCUT2D eigenvalue weighted by molar-refractivity contribution is 0.0453. The van der Waals surface area contributed by atoms with Gasteiger partial charge in [-0.25, -0.2) is 9.18 Å². The third kappa shape index (κ3) is 3.33. The topological polar surface area (TPSA) is 26.3 Å². The summed E-state index contributed by atoms with van der Waals surface area (Å²) in [5, 5.41) is 0. The molecule has 0 aliphatic rings. The summed E-state index contributed by atoms with van der Waals surface area (Å²) >= 11 is 0. The Morgan fingerprint density at radius 1 is 1.44 bits per heavy atom. The van der Waals surface area contributed by atoms with Gasteiger partial charge in [-0.3, -0.25) is 0 Å². The zero-order chi connectivity index (χ0) is 12.1. The largest absolute Gasteiger partial charge is 0.462 e. The quantitative estimate of drug-likeness (QED) is 0.734. The predicted octanol–water partition coefficient (Wildman–Crippen LogP) is 3.20.